The van der Waals surface area contributed by atoms with Gasteiger partial charge in [0, 0.05) is 32.7 Å². The molecule has 3 aromatic rings. The molecule has 0 bridgehead atoms. The molecule has 0 radical (unpaired) electrons. The first-order chi connectivity index (χ1) is 13.1. The van der Waals surface area contributed by atoms with E-state index in [1.807, 2.05) is 4.68 Å². The van der Waals surface area contributed by atoms with Gasteiger partial charge in [0.25, 0.3) is 0 Å². The van der Waals surface area contributed by atoms with Gasteiger partial charge in [0.05, 0.1) is 12.4 Å². The lowest BCUT2D eigenvalue weighted by molar-refractivity contribution is 0.0976. The fourth-order valence-electron chi connectivity index (χ4n) is 3.48. The van der Waals surface area contributed by atoms with Crippen molar-refractivity contribution in [2.75, 3.05) is 26.2 Å². The lowest BCUT2D eigenvalue weighted by atomic mass is 10.1. The fraction of sp³-hybridized carbons (Fsp3) is 0.421. The number of rotatable bonds is 5. The van der Waals surface area contributed by atoms with Gasteiger partial charge >= 0.3 is 0 Å². The number of piperazine rings is 1. The van der Waals surface area contributed by atoms with Crippen LogP contribution < -0.4 is 0 Å². The van der Waals surface area contributed by atoms with E-state index < -0.39 is 0 Å². The van der Waals surface area contributed by atoms with Gasteiger partial charge in [0.2, 0.25) is 4.77 Å². The zero-order chi connectivity index (χ0) is 18.8. The highest BCUT2D eigenvalue weighted by Crippen LogP contribution is 2.16. The predicted octanol–water partition coefficient (Wildman–Crippen LogP) is 3.25. The summed E-state index contributed by atoms with van der Waals surface area (Å²) in [6.07, 6.45) is 0. The van der Waals surface area contributed by atoms with Gasteiger partial charge in [-0.2, -0.15) is 16.0 Å². The highest BCUT2D eigenvalue weighted by Gasteiger charge is 2.18. The van der Waals surface area contributed by atoms with Crippen molar-refractivity contribution in [3.8, 4) is 5.69 Å². The molecule has 142 valence electrons. The van der Waals surface area contributed by atoms with Crippen molar-refractivity contribution in [2.24, 2.45) is 0 Å². The number of hydrogen-bond acceptors (Lipinski definition) is 6. The van der Waals surface area contributed by atoms with Crippen molar-refractivity contribution >= 4 is 23.6 Å². The van der Waals surface area contributed by atoms with E-state index in [2.05, 4.69) is 69.1 Å². The van der Waals surface area contributed by atoms with Crippen molar-refractivity contribution < 1.29 is 0 Å². The summed E-state index contributed by atoms with van der Waals surface area (Å²) in [4.78, 5) is 4.89. The minimum atomic E-state index is 0.641. The Labute approximate surface area is 168 Å². The first-order valence-corrected chi connectivity index (χ1v) is 10.5. The Morgan fingerprint density at radius 3 is 2.52 bits per heavy atom. The van der Waals surface area contributed by atoms with E-state index in [9.17, 15) is 0 Å². The first kappa shape index (κ1) is 18.5. The molecule has 1 fully saturated rings. The molecule has 1 aliphatic heterocycles. The normalized spacial score (nSPS) is 16.1. The third kappa shape index (κ3) is 4.19. The van der Waals surface area contributed by atoms with Crippen LogP contribution in [0.2, 0.25) is 0 Å². The Morgan fingerprint density at radius 1 is 1.04 bits per heavy atom. The molecular formula is C19H24N6S2. The summed E-state index contributed by atoms with van der Waals surface area (Å²) >= 11 is 7.40. The van der Waals surface area contributed by atoms with Crippen LogP contribution in [0.1, 0.15) is 16.7 Å². The van der Waals surface area contributed by atoms with Crippen LogP contribution >= 0.6 is 23.6 Å². The van der Waals surface area contributed by atoms with Crippen LogP contribution in [0.4, 0.5) is 0 Å². The molecule has 1 saturated heterocycles. The van der Waals surface area contributed by atoms with E-state index in [1.165, 1.54) is 11.1 Å². The monoisotopic (exact) mass is 400 g/mol. The summed E-state index contributed by atoms with van der Waals surface area (Å²) in [5.74, 6) is 0. The van der Waals surface area contributed by atoms with Gasteiger partial charge in [-0.05, 0) is 70.5 Å². The molecule has 0 spiro atoms. The van der Waals surface area contributed by atoms with Gasteiger partial charge in [-0.25, -0.2) is 4.68 Å². The maximum absolute atomic E-state index is 5.63. The van der Waals surface area contributed by atoms with Gasteiger partial charge in [-0.15, -0.1) is 0 Å². The second-order valence-electron chi connectivity index (χ2n) is 7.13. The van der Waals surface area contributed by atoms with Crippen molar-refractivity contribution in [3.05, 3.63) is 56.5 Å². The number of aromatic nitrogens is 4. The summed E-state index contributed by atoms with van der Waals surface area (Å²) in [6, 6.07) is 8.49. The first-order valence-electron chi connectivity index (χ1n) is 9.16. The molecule has 27 heavy (non-hydrogen) atoms. The number of benzene rings is 1. The average Bonchev–Trinajstić information content (AvgIpc) is 3.28. The lowest BCUT2D eigenvalue weighted by Gasteiger charge is -2.34. The molecule has 0 saturated carbocycles. The largest absolute Gasteiger partial charge is 0.297 e. The maximum atomic E-state index is 5.63. The molecular weight excluding hydrogens is 376 g/mol. The number of hydrogen-bond donors (Lipinski definition) is 0. The second-order valence-corrected chi connectivity index (χ2v) is 8.28. The highest BCUT2D eigenvalue weighted by atomic mass is 32.1. The van der Waals surface area contributed by atoms with Gasteiger partial charge in [-0.1, -0.05) is 17.7 Å². The van der Waals surface area contributed by atoms with Gasteiger partial charge in [0.15, 0.2) is 0 Å². The standard InChI is InChI=1S/C19H24N6S2/c1-15-3-4-18(16(2)11-15)25-19(26)24(20-21-25)14-23-8-6-22(7-9-23)12-17-5-10-27-13-17/h3-5,10-11,13H,6-9,12,14H2,1-2H3. The van der Waals surface area contributed by atoms with Crippen LogP contribution in [0.3, 0.4) is 0 Å². The molecule has 6 nitrogen and oxygen atoms in total. The smallest absolute Gasteiger partial charge is 0.221 e. The molecule has 0 amide bonds. The Bertz CT molecular complexity index is 951. The minimum Gasteiger partial charge on any atom is -0.297 e. The molecule has 1 aliphatic rings. The molecule has 0 aliphatic carbocycles. The molecule has 0 unspecified atom stereocenters. The fourth-order valence-corrected chi connectivity index (χ4v) is 4.37. The quantitative estimate of drug-likeness (QED) is 0.615. The van der Waals surface area contributed by atoms with Crippen molar-refractivity contribution in [2.45, 2.75) is 27.1 Å². The zero-order valence-electron chi connectivity index (χ0n) is 15.7. The summed E-state index contributed by atoms with van der Waals surface area (Å²) in [5, 5.41) is 13.0. The van der Waals surface area contributed by atoms with E-state index in [4.69, 9.17) is 12.2 Å². The van der Waals surface area contributed by atoms with E-state index in [-0.39, 0.29) is 0 Å². The van der Waals surface area contributed by atoms with Crippen LogP contribution in [-0.2, 0) is 13.2 Å². The van der Waals surface area contributed by atoms with E-state index in [0.717, 1.165) is 44.0 Å². The van der Waals surface area contributed by atoms with Crippen molar-refractivity contribution in [3.63, 3.8) is 0 Å². The summed E-state index contributed by atoms with van der Waals surface area (Å²) in [6.45, 7) is 10.1. The third-order valence-electron chi connectivity index (χ3n) is 5.01. The molecule has 8 heteroatoms. The van der Waals surface area contributed by atoms with Gasteiger partial charge < -0.3 is 0 Å². The molecule has 2 aromatic heterocycles. The summed E-state index contributed by atoms with van der Waals surface area (Å²) < 4.78 is 4.22. The summed E-state index contributed by atoms with van der Waals surface area (Å²) in [5.41, 5.74) is 4.79. The number of thiophene rings is 1. The van der Waals surface area contributed by atoms with E-state index >= 15 is 0 Å². The van der Waals surface area contributed by atoms with Crippen molar-refractivity contribution in [1.29, 1.82) is 0 Å². The van der Waals surface area contributed by atoms with Crippen LogP contribution in [-0.4, -0.2) is 55.8 Å². The number of aryl methyl sites for hydroxylation is 2. The Hall–Kier alpha value is -1.87. The van der Waals surface area contributed by atoms with Crippen molar-refractivity contribution in [1.82, 2.24) is 29.6 Å². The maximum Gasteiger partial charge on any atom is 0.221 e. The van der Waals surface area contributed by atoms with E-state index in [1.54, 1.807) is 16.0 Å². The van der Waals surface area contributed by atoms with Crippen LogP contribution in [0.5, 0.6) is 0 Å². The molecule has 0 N–H and O–H groups in total. The predicted molar refractivity (Wildman–Crippen MR) is 111 cm³/mol. The molecule has 1 aromatic carbocycles. The zero-order valence-corrected chi connectivity index (χ0v) is 17.3. The molecule has 3 heterocycles. The summed E-state index contributed by atoms with van der Waals surface area (Å²) in [7, 11) is 0. The number of nitrogens with zero attached hydrogens (tertiary/aromatic N) is 6. The van der Waals surface area contributed by atoms with Gasteiger partial charge in [0.1, 0.15) is 0 Å². The van der Waals surface area contributed by atoms with Crippen LogP contribution in [0.15, 0.2) is 35.0 Å². The van der Waals surface area contributed by atoms with Crippen LogP contribution in [0, 0.1) is 18.6 Å². The third-order valence-corrected chi connectivity index (χ3v) is 6.12. The SMILES string of the molecule is Cc1ccc(-n2nnn(CN3CCN(Cc4ccsc4)CC3)c2=S)c(C)c1. The Balaban J connectivity index is 1.39. The second kappa shape index (κ2) is 8.02. The minimum absolute atomic E-state index is 0.641. The lowest BCUT2D eigenvalue weighted by Crippen LogP contribution is -2.46. The number of tetrazole rings is 1. The Kier molecular flexibility index (Phi) is 5.49. The Morgan fingerprint density at radius 2 is 1.81 bits per heavy atom. The topological polar surface area (TPSA) is 42.1 Å². The average molecular weight is 401 g/mol. The molecule has 4 rings (SSSR count). The van der Waals surface area contributed by atoms with Crippen LogP contribution in [0.25, 0.3) is 5.69 Å². The van der Waals surface area contributed by atoms with E-state index in [0.29, 0.717) is 11.4 Å². The van der Waals surface area contributed by atoms with Gasteiger partial charge in [-0.3, -0.25) is 9.80 Å². The highest BCUT2D eigenvalue weighted by molar-refractivity contribution is 7.71. The molecule has 0 atom stereocenters.